The van der Waals surface area contributed by atoms with Gasteiger partial charge in [-0.3, -0.25) is 0 Å². The topological polar surface area (TPSA) is 58.6 Å². The van der Waals surface area contributed by atoms with Gasteiger partial charge in [0.05, 0.1) is 7.11 Å². The van der Waals surface area contributed by atoms with E-state index in [4.69, 9.17) is 4.74 Å². The molecule has 112 valence electrons. The van der Waals surface area contributed by atoms with Crippen molar-refractivity contribution < 1.29 is 13.2 Å². The van der Waals surface area contributed by atoms with Gasteiger partial charge in [0.1, 0.15) is 10.6 Å². The first-order chi connectivity index (χ1) is 9.48. The Balaban J connectivity index is 2.29. The number of sulfonamides is 1. The molecule has 1 N–H and O–H groups in total. The van der Waals surface area contributed by atoms with Crippen LogP contribution in [0.1, 0.15) is 18.4 Å². The third-order valence-electron chi connectivity index (χ3n) is 3.80. The quantitative estimate of drug-likeness (QED) is 0.912. The number of aryl methyl sites for hydroxylation is 1. The van der Waals surface area contributed by atoms with Crippen LogP contribution in [0.2, 0.25) is 0 Å². The van der Waals surface area contributed by atoms with Gasteiger partial charge in [-0.1, -0.05) is 6.07 Å². The molecule has 5 nitrogen and oxygen atoms in total. The lowest BCUT2D eigenvalue weighted by Gasteiger charge is -2.31. The molecule has 1 saturated heterocycles. The van der Waals surface area contributed by atoms with E-state index in [-0.39, 0.29) is 4.90 Å². The number of ether oxygens (including phenoxy) is 1. The number of nitrogens with one attached hydrogen (secondary N) is 1. The van der Waals surface area contributed by atoms with Crippen molar-refractivity contribution in [1.82, 2.24) is 9.62 Å². The van der Waals surface area contributed by atoms with Gasteiger partial charge in [-0.2, -0.15) is 4.31 Å². The highest BCUT2D eigenvalue weighted by atomic mass is 32.2. The lowest BCUT2D eigenvalue weighted by Crippen LogP contribution is -2.43. The highest BCUT2D eigenvalue weighted by Crippen LogP contribution is 2.29. The van der Waals surface area contributed by atoms with Gasteiger partial charge in [-0.15, -0.1) is 0 Å². The van der Waals surface area contributed by atoms with Crippen LogP contribution in [-0.2, 0) is 10.0 Å². The number of hydrogen-bond donors (Lipinski definition) is 1. The van der Waals surface area contributed by atoms with E-state index in [9.17, 15) is 8.42 Å². The van der Waals surface area contributed by atoms with Crippen LogP contribution in [-0.4, -0.2) is 46.0 Å². The lowest BCUT2D eigenvalue weighted by molar-refractivity contribution is 0.297. The molecular formula is C14H22N2O3S. The van der Waals surface area contributed by atoms with E-state index in [0.717, 1.165) is 18.4 Å². The molecular weight excluding hydrogens is 276 g/mol. The summed E-state index contributed by atoms with van der Waals surface area (Å²) in [6, 6.07) is 5.65. The Bertz CT molecular complexity index is 564. The maximum absolute atomic E-state index is 12.7. The zero-order chi connectivity index (χ0) is 14.8. The predicted molar refractivity (Wildman–Crippen MR) is 78.6 cm³/mol. The first kappa shape index (κ1) is 15.3. The Hall–Kier alpha value is -1.11. The minimum Gasteiger partial charge on any atom is -0.495 e. The molecule has 0 aliphatic carbocycles. The van der Waals surface area contributed by atoms with E-state index >= 15 is 0 Å². The van der Waals surface area contributed by atoms with E-state index in [1.807, 2.05) is 20.0 Å². The second kappa shape index (κ2) is 6.11. The summed E-state index contributed by atoms with van der Waals surface area (Å²) >= 11 is 0. The number of hydrogen-bond acceptors (Lipinski definition) is 4. The van der Waals surface area contributed by atoms with Crippen molar-refractivity contribution in [2.45, 2.75) is 30.7 Å². The maximum atomic E-state index is 12.7. The Morgan fingerprint density at radius 2 is 1.95 bits per heavy atom. The van der Waals surface area contributed by atoms with E-state index in [2.05, 4.69) is 5.32 Å². The third-order valence-corrected chi connectivity index (χ3v) is 5.72. The molecule has 0 bridgehead atoms. The number of methoxy groups -OCH3 is 1. The van der Waals surface area contributed by atoms with Gasteiger partial charge in [-0.05, 0) is 44.5 Å². The zero-order valence-corrected chi connectivity index (χ0v) is 13.0. The van der Waals surface area contributed by atoms with E-state index in [1.165, 1.54) is 7.11 Å². The smallest absolute Gasteiger partial charge is 0.246 e. The highest BCUT2D eigenvalue weighted by Gasteiger charge is 2.31. The van der Waals surface area contributed by atoms with Gasteiger partial charge in [0.25, 0.3) is 0 Å². The number of rotatable bonds is 4. The van der Waals surface area contributed by atoms with Crippen LogP contribution in [0.25, 0.3) is 0 Å². The molecule has 1 aliphatic rings. The first-order valence-electron chi connectivity index (χ1n) is 6.81. The standard InChI is InChI=1S/C14H22N2O3S/c1-11-4-5-13(19-3)14(10-11)20(17,18)16-8-6-12(15-2)7-9-16/h4-5,10,12,15H,6-9H2,1-3H3. The van der Waals surface area contributed by atoms with Gasteiger partial charge in [0.15, 0.2) is 0 Å². The summed E-state index contributed by atoms with van der Waals surface area (Å²) < 4.78 is 32.2. The maximum Gasteiger partial charge on any atom is 0.246 e. The van der Waals surface area contributed by atoms with Crippen LogP contribution in [0, 0.1) is 6.92 Å². The monoisotopic (exact) mass is 298 g/mol. The highest BCUT2D eigenvalue weighted by molar-refractivity contribution is 7.89. The summed E-state index contributed by atoms with van der Waals surface area (Å²) in [4.78, 5) is 0.267. The largest absolute Gasteiger partial charge is 0.495 e. The fourth-order valence-corrected chi connectivity index (χ4v) is 4.22. The van der Waals surface area contributed by atoms with Gasteiger partial charge < -0.3 is 10.1 Å². The molecule has 0 atom stereocenters. The average Bonchev–Trinajstić information content (AvgIpc) is 2.47. The molecule has 1 aromatic rings. The van der Waals surface area contributed by atoms with Crippen molar-refractivity contribution in [2.24, 2.45) is 0 Å². The molecule has 20 heavy (non-hydrogen) atoms. The summed E-state index contributed by atoms with van der Waals surface area (Å²) in [7, 11) is -0.0663. The second-order valence-corrected chi connectivity index (χ2v) is 7.03. The summed E-state index contributed by atoms with van der Waals surface area (Å²) in [5.41, 5.74) is 0.912. The molecule has 6 heteroatoms. The Labute approximate surface area is 121 Å². The summed E-state index contributed by atoms with van der Waals surface area (Å²) in [5, 5.41) is 3.20. The van der Waals surface area contributed by atoms with Crippen molar-refractivity contribution in [2.75, 3.05) is 27.2 Å². The van der Waals surface area contributed by atoms with Crippen molar-refractivity contribution in [3.05, 3.63) is 23.8 Å². The molecule has 1 fully saturated rings. The van der Waals surface area contributed by atoms with Gasteiger partial charge in [-0.25, -0.2) is 8.42 Å². The first-order valence-corrected chi connectivity index (χ1v) is 8.25. The molecule has 1 aromatic carbocycles. The van der Waals surface area contributed by atoms with Crippen LogP contribution < -0.4 is 10.1 Å². The Morgan fingerprint density at radius 1 is 1.30 bits per heavy atom. The van der Waals surface area contributed by atoms with E-state index in [1.54, 1.807) is 16.4 Å². The van der Waals surface area contributed by atoms with Crippen LogP contribution in [0.4, 0.5) is 0 Å². The van der Waals surface area contributed by atoms with Crippen LogP contribution >= 0.6 is 0 Å². The number of nitrogens with zero attached hydrogens (tertiary/aromatic N) is 1. The molecule has 1 aliphatic heterocycles. The summed E-state index contributed by atoms with van der Waals surface area (Å²) in [6.45, 7) is 2.97. The predicted octanol–water partition coefficient (Wildman–Crippen LogP) is 1.38. The molecule has 0 aromatic heterocycles. The Morgan fingerprint density at radius 3 is 2.50 bits per heavy atom. The van der Waals surface area contributed by atoms with Gasteiger partial charge in [0.2, 0.25) is 10.0 Å². The number of benzene rings is 1. The van der Waals surface area contributed by atoms with Crippen molar-refractivity contribution >= 4 is 10.0 Å². The normalized spacial score (nSPS) is 18.1. The lowest BCUT2D eigenvalue weighted by atomic mass is 10.1. The molecule has 0 radical (unpaired) electrons. The van der Waals surface area contributed by atoms with Gasteiger partial charge >= 0.3 is 0 Å². The van der Waals surface area contributed by atoms with Gasteiger partial charge in [0, 0.05) is 19.1 Å². The fourth-order valence-electron chi connectivity index (χ4n) is 2.51. The van der Waals surface area contributed by atoms with E-state index < -0.39 is 10.0 Å². The molecule has 0 unspecified atom stereocenters. The van der Waals surface area contributed by atoms with Crippen LogP contribution in [0.5, 0.6) is 5.75 Å². The minimum absolute atomic E-state index is 0.267. The molecule has 1 heterocycles. The molecule has 0 spiro atoms. The van der Waals surface area contributed by atoms with Crippen LogP contribution in [0.15, 0.2) is 23.1 Å². The van der Waals surface area contributed by atoms with Crippen molar-refractivity contribution in [1.29, 1.82) is 0 Å². The second-order valence-electron chi connectivity index (χ2n) is 5.12. The number of piperidine rings is 1. The molecule has 2 rings (SSSR count). The van der Waals surface area contributed by atoms with E-state index in [0.29, 0.717) is 24.9 Å². The molecule has 0 saturated carbocycles. The summed E-state index contributed by atoms with van der Waals surface area (Å²) in [6.07, 6.45) is 1.67. The zero-order valence-electron chi connectivity index (χ0n) is 12.2. The average molecular weight is 298 g/mol. The molecule has 0 amide bonds. The summed E-state index contributed by atoms with van der Waals surface area (Å²) in [5.74, 6) is 0.409. The third kappa shape index (κ3) is 2.97. The minimum atomic E-state index is -3.48. The van der Waals surface area contributed by atoms with Crippen LogP contribution in [0.3, 0.4) is 0 Å². The van der Waals surface area contributed by atoms with Crippen molar-refractivity contribution in [3.8, 4) is 5.75 Å². The SMILES string of the molecule is CNC1CCN(S(=O)(=O)c2cc(C)ccc2OC)CC1. The van der Waals surface area contributed by atoms with Crippen molar-refractivity contribution in [3.63, 3.8) is 0 Å². The Kier molecular flexibility index (Phi) is 4.67. The fraction of sp³-hybridized carbons (Fsp3) is 0.571.